The Morgan fingerprint density at radius 1 is 1.45 bits per heavy atom. The van der Waals surface area contributed by atoms with E-state index in [1.165, 1.54) is 16.9 Å². The fraction of sp³-hybridized carbons (Fsp3) is 0.625. The monoisotopic (exact) mass is 295 g/mol. The van der Waals surface area contributed by atoms with Crippen LogP contribution in [0.5, 0.6) is 5.75 Å². The van der Waals surface area contributed by atoms with Crippen LogP contribution in [-0.2, 0) is 6.42 Å². The van der Waals surface area contributed by atoms with Gasteiger partial charge in [0.1, 0.15) is 18.5 Å². The Hall–Kier alpha value is -0.710. The molecule has 0 radical (unpaired) electrons. The second kappa shape index (κ2) is 7.34. The average Bonchev–Trinajstić information content (AvgIpc) is 2.42. The van der Waals surface area contributed by atoms with Crippen LogP contribution >= 0.6 is 11.8 Å². The highest BCUT2D eigenvalue weighted by Crippen LogP contribution is 2.37. The molecule has 0 spiro atoms. The lowest BCUT2D eigenvalue weighted by atomic mass is 10.1. The van der Waals surface area contributed by atoms with E-state index >= 15 is 0 Å². The van der Waals surface area contributed by atoms with Crippen molar-refractivity contribution in [1.82, 2.24) is 5.32 Å². The molecule has 4 heteroatoms. The van der Waals surface area contributed by atoms with Crippen LogP contribution < -0.4 is 10.1 Å². The third-order valence-corrected chi connectivity index (χ3v) is 4.66. The van der Waals surface area contributed by atoms with E-state index in [0.29, 0.717) is 24.4 Å². The van der Waals surface area contributed by atoms with Gasteiger partial charge in [-0.3, -0.25) is 0 Å². The number of thioether (sulfide) groups is 1. The summed E-state index contributed by atoms with van der Waals surface area (Å²) in [5.74, 6) is 0.856. The smallest absolute Gasteiger partial charge is 0.120 e. The highest BCUT2D eigenvalue weighted by molar-refractivity contribution is 8.00. The molecule has 0 aliphatic carbocycles. The molecule has 0 saturated carbocycles. The summed E-state index contributed by atoms with van der Waals surface area (Å²) in [6, 6.07) is 6.66. The van der Waals surface area contributed by atoms with Crippen molar-refractivity contribution < 1.29 is 9.84 Å². The fourth-order valence-electron chi connectivity index (χ4n) is 2.20. The summed E-state index contributed by atoms with van der Waals surface area (Å²) in [6.07, 6.45) is 1.93. The first kappa shape index (κ1) is 15.7. The molecule has 0 fully saturated rings. The lowest BCUT2D eigenvalue weighted by Crippen LogP contribution is -2.35. The van der Waals surface area contributed by atoms with E-state index in [0.717, 1.165) is 12.2 Å². The second-order valence-electron chi connectivity index (χ2n) is 5.76. The lowest BCUT2D eigenvalue weighted by Gasteiger charge is -2.22. The normalized spacial score (nSPS) is 19.8. The minimum absolute atomic E-state index is 0.332. The topological polar surface area (TPSA) is 41.5 Å². The number of aryl methyl sites for hydroxylation is 1. The van der Waals surface area contributed by atoms with E-state index in [1.54, 1.807) is 0 Å². The zero-order valence-electron chi connectivity index (χ0n) is 12.6. The largest absolute Gasteiger partial charge is 0.491 e. The van der Waals surface area contributed by atoms with Gasteiger partial charge in [-0.15, -0.1) is 11.8 Å². The predicted molar refractivity (Wildman–Crippen MR) is 84.7 cm³/mol. The van der Waals surface area contributed by atoms with Crippen LogP contribution in [-0.4, -0.2) is 35.7 Å². The van der Waals surface area contributed by atoms with E-state index in [9.17, 15) is 5.11 Å². The van der Waals surface area contributed by atoms with Gasteiger partial charge >= 0.3 is 0 Å². The number of benzene rings is 1. The van der Waals surface area contributed by atoms with Gasteiger partial charge < -0.3 is 15.2 Å². The molecule has 3 nitrogen and oxygen atoms in total. The predicted octanol–water partition coefficient (Wildman–Crippen LogP) is 2.85. The summed E-state index contributed by atoms with van der Waals surface area (Å²) < 4.78 is 5.70. The van der Waals surface area contributed by atoms with Gasteiger partial charge in [-0.2, -0.15) is 0 Å². The van der Waals surface area contributed by atoms with Gasteiger partial charge in [0.05, 0.1) is 0 Å². The quantitative estimate of drug-likeness (QED) is 0.847. The lowest BCUT2D eigenvalue weighted by molar-refractivity contribution is 0.104. The van der Waals surface area contributed by atoms with Gasteiger partial charge in [-0.25, -0.2) is 0 Å². The van der Waals surface area contributed by atoms with E-state index in [4.69, 9.17) is 4.74 Å². The Balaban J connectivity index is 1.86. The first-order valence-electron chi connectivity index (χ1n) is 7.38. The number of aliphatic hydroxyl groups is 1. The molecule has 2 rings (SSSR count). The average molecular weight is 295 g/mol. The Morgan fingerprint density at radius 3 is 3.00 bits per heavy atom. The highest BCUT2D eigenvalue weighted by atomic mass is 32.2. The van der Waals surface area contributed by atoms with Crippen LogP contribution in [0.15, 0.2) is 23.1 Å². The summed E-state index contributed by atoms with van der Waals surface area (Å²) in [5, 5.41) is 13.7. The third-order valence-electron chi connectivity index (χ3n) is 3.39. The van der Waals surface area contributed by atoms with Crippen LogP contribution in [0.25, 0.3) is 0 Å². The van der Waals surface area contributed by atoms with Gasteiger partial charge in [0.15, 0.2) is 0 Å². The molecule has 2 unspecified atom stereocenters. The number of hydrogen-bond donors (Lipinski definition) is 2. The molecule has 1 aliphatic rings. The highest BCUT2D eigenvalue weighted by Gasteiger charge is 2.16. The summed E-state index contributed by atoms with van der Waals surface area (Å²) in [6.45, 7) is 7.29. The molecule has 2 N–H and O–H groups in total. The Kier molecular flexibility index (Phi) is 5.75. The molecule has 2 atom stereocenters. The molecule has 1 aromatic carbocycles. The zero-order chi connectivity index (χ0) is 14.5. The maximum Gasteiger partial charge on any atom is 0.120 e. The Bertz CT molecular complexity index is 436. The number of rotatable bonds is 6. The molecule has 0 aromatic heterocycles. The van der Waals surface area contributed by atoms with Gasteiger partial charge in [-0.1, -0.05) is 26.8 Å². The molecule has 112 valence electrons. The minimum Gasteiger partial charge on any atom is -0.491 e. The summed E-state index contributed by atoms with van der Waals surface area (Å²) in [5.41, 5.74) is 1.42. The van der Waals surface area contributed by atoms with Crippen LogP contribution in [0, 0.1) is 0 Å². The number of hydrogen-bond acceptors (Lipinski definition) is 4. The van der Waals surface area contributed by atoms with Gasteiger partial charge in [0.2, 0.25) is 0 Å². The first-order valence-corrected chi connectivity index (χ1v) is 8.26. The van der Waals surface area contributed by atoms with E-state index in [2.05, 4.69) is 38.2 Å². The molecule has 1 aliphatic heterocycles. The van der Waals surface area contributed by atoms with Crippen LogP contribution in [0.3, 0.4) is 0 Å². The summed E-state index contributed by atoms with van der Waals surface area (Å²) >= 11 is 1.92. The van der Waals surface area contributed by atoms with E-state index in [-0.39, 0.29) is 0 Å². The van der Waals surface area contributed by atoms with Crippen LogP contribution in [0.1, 0.15) is 32.8 Å². The van der Waals surface area contributed by atoms with Crippen molar-refractivity contribution in [1.29, 1.82) is 0 Å². The van der Waals surface area contributed by atoms with Crippen molar-refractivity contribution in [2.75, 3.05) is 13.2 Å². The Morgan fingerprint density at radius 2 is 2.25 bits per heavy atom. The van der Waals surface area contributed by atoms with Gasteiger partial charge in [0.25, 0.3) is 0 Å². The van der Waals surface area contributed by atoms with Crippen molar-refractivity contribution >= 4 is 11.8 Å². The Labute approximate surface area is 126 Å². The number of aliphatic hydroxyl groups excluding tert-OH is 1. The number of fused-ring (bicyclic) bond motifs is 1. The SMILES string of the molecule is CC(C)NCC(O)COc1ccc2c(c1)SC(C)CC2. The van der Waals surface area contributed by atoms with Gasteiger partial charge in [-0.05, 0) is 30.5 Å². The van der Waals surface area contributed by atoms with Crippen molar-refractivity contribution in [2.24, 2.45) is 0 Å². The molecule has 1 aromatic rings. The molecule has 20 heavy (non-hydrogen) atoms. The number of ether oxygens (including phenoxy) is 1. The van der Waals surface area contributed by atoms with Gasteiger partial charge in [0, 0.05) is 22.7 Å². The molecule has 0 amide bonds. The van der Waals surface area contributed by atoms with Crippen molar-refractivity contribution in [3.63, 3.8) is 0 Å². The third kappa shape index (κ3) is 4.69. The molecule has 0 bridgehead atoms. The minimum atomic E-state index is -0.472. The fourth-order valence-corrected chi connectivity index (χ4v) is 3.37. The van der Waals surface area contributed by atoms with Crippen molar-refractivity contribution in [2.45, 2.75) is 55.9 Å². The van der Waals surface area contributed by atoms with Crippen molar-refractivity contribution in [3.05, 3.63) is 23.8 Å². The van der Waals surface area contributed by atoms with Crippen LogP contribution in [0.2, 0.25) is 0 Å². The maximum absolute atomic E-state index is 9.85. The van der Waals surface area contributed by atoms with E-state index < -0.39 is 6.10 Å². The molecule has 1 heterocycles. The zero-order valence-corrected chi connectivity index (χ0v) is 13.4. The molecular weight excluding hydrogens is 270 g/mol. The standard InChI is InChI=1S/C16H25NO2S/c1-11(2)17-9-14(18)10-19-15-7-6-13-5-4-12(3)20-16(13)8-15/h6-8,11-12,14,17-18H,4-5,9-10H2,1-3H3. The summed E-state index contributed by atoms with van der Waals surface area (Å²) in [7, 11) is 0. The molecule has 0 saturated heterocycles. The summed E-state index contributed by atoms with van der Waals surface area (Å²) in [4.78, 5) is 1.33. The number of nitrogens with one attached hydrogen (secondary N) is 1. The second-order valence-corrected chi connectivity index (χ2v) is 7.24. The van der Waals surface area contributed by atoms with E-state index in [1.807, 2.05) is 17.8 Å². The van der Waals surface area contributed by atoms with Crippen molar-refractivity contribution in [3.8, 4) is 5.75 Å². The first-order chi connectivity index (χ1) is 9.54. The van der Waals surface area contributed by atoms with Crippen LogP contribution in [0.4, 0.5) is 0 Å². The maximum atomic E-state index is 9.85. The molecular formula is C16H25NO2S.